The average molecular weight is 421 g/mol. The SMILES string of the molecule is CCCCOc1ccc(SC(c2ccc(Cl)cc2)C(Cl)n2ccnc2)cc1. The number of ether oxygens (including phenoxy) is 1. The van der Waals surface area contributed by atoms with Crippen molar-refractivity contribution in [2.45, 2.75) is 35.4 Å². The van der Waals surface area contributed by atoms with Crippen molar-refractivity contribution in [3.8, 4) is 5.75 Å². The highest BCUT2D eigenvalue weighted by Gasteiger charge is 2.24. The molecule has 2 unspecified atom stereocenters. The van der Waals surface area contributed by atoms with E-state index < -0.39 is 0 Å². The lowest BCUT2D eigenvalue weighted by Gasteiger charge is -2.23. The number of alkyl halides is 1. The molecule has 0 amide bonds. The molecule has 27 heavy (non-hydrogen) atoms. The molecule has 0 radical (unpaired) electrons. The summed E-state index contributed by atoms with van der Waals surface area (Å²) >= 11 is 14.6. The van der Waals surface area contributed by atoms with Crippen molar-refractivity contribution in [2.75, 3.05) is 6.61 Å². The third-order valence-electron chi connectivity index (χ3n) is 4.11. The zero-order chi connectivity index (χ0) is 19.1. The summed E-state index contributed by atoms with van der Waals surface area (Å²) in [4.78, 5) is 5.25. The number of nitrogens with zero attached hydrogens (tertiary/aromatic N) is 2. The Hall–Kier alpha value is -1.62. The molecule has 0 saturated heterocycles. The molecule has 0 fully saturated rings. The van der Waals surface area contributed by atoms with Crippen LogP contribution in [0.3, 0.4) is 0 Å². The highest BCUT2D eigenvalue weighted by molar-refractivity contribution is 7.99. The van der Waals surface area contributed by atoms with Crippen molar-refractivity contribution in [3.05, 3.63) is 77.8 Å². The van der Waals surface area contributed by atoms with Crippen molar-refractivity contribution < 1.29 is 4.74 Å². The Balaban J connectivity index is 1.77. The van der Waals surface area contributed by atoms with E-state index in [0.717, 1.165) is 35.7 Å². The molecule has 2 aromatic carbocycles. The van der Waals surface area contributed by atoms with Crippen molar-refractivity contribution in [1.29, 1.82) is 0 Å². The zero-order valence-electron chi connectivity index (χ0n) is 15.1. The Morgan fingerprint density at radius 1 is 1.11 bits per heavy atom. The number of aromatic nitrogens is 2. The molecule has 6 heteroatoms. The molecule has 0 aliphatic rings. The minimum absolute atomic E-state index is 0.00462. The van der Waals surface area contributed by atoms with Crippen LogP contribution >= 0.6 is 35.0 Å². The molecule has 0 aliphatic carbocycles. The number of hydrogen-bond acceptors (Lipinski definition) is 3. The van der Waals surface area contributed by atoms with Gasteiger partial charge in [0.2, 0.25) is 0 Å². The van der Waals surface area contributed by atoms with Gasteiger partial charge >= 0.3 is 0 Å². The molecular formula is C21H22Cl2N2OS. The summed E-state index contributed by atoms with van der Waals surface area (Å²) in [5, 5.41) is 0.717. The quantitative estimate of drug-likeness (QED) is 0.212. The van der Waals surface area contributed by atoms with Gasteiger partial charge in [-0.15, -0.1) is 11.8 Å². The molecule has 0 saturated carbocycles. The van der Waals surface area contributed by atoms with Gasteiger partial charge in [0.15, 0.2) is 0 Å². The van der Waals surface area contributed by atoms with Gasteiger partial charge in [0.05, 0.1) is 18.2 Å². The Bertz CT molecular complexity index is 807. The first kappa shape index (κ1) is 20.1. The largest absolute Gasteiger partial charge is 0.494 e. The molecule has 1 heterocycles. The number of thioether (sulfide) groups is 1. The highest BCUT2D eigenvalue weighted by atomic mass is 35.5. The standard InChI is InChI=1S/C21H22Cl2N2OS/c1-2-3-14-26-18-8-10-19(11-9-18)27-20(16-4-6-17(22)7-5-16)21(23)25-13-12-24-15-25/h4-13,15,20-21H,2-3,14H2,1H3. The lowest BCUT2D eigenvalue weighted by atomic mass is 10.1. The maximum absolute atomic E-state index is 6.80. The number of rotatable bonds is 9. The van der Waals surface area contributed by atoms with E-state index in [1.54, 1.807) is 24.3 Å². The highest BCUT2D eigenvalue weighted by Crippen LogP contribution is 2.45. The molecular weight excluding hydrogens is 399 g/mol. The summed E-state index contributed by atoms with van der Waals surface area (Å²) in [5.41, 5.74) is 0.834. The lowest BCUT2D eigenvalue weighted by Crippen LogP contribution is -2.09. The van der Waals surface area contributed by atoms with E-state index in [-0.39, 0.29) is 10.8 Å². The Labute approximate surface area is 174 Å². The van der Waals surface area contributed by atoms with Gasteiger partial charge in [0, 0.05) is 22.3 Å². The first-order chi connectivity index (χ1) is 13.2. The fourth-order valence-electron chi connectivity index (χ4n) is 2.60. The number of benzene rings is 2. The predicted molar refractivity (Wildman–Crippen MR) is 114 cm³/mol. The first-order valence-corrected chi connectivity index (χ1v) is 10.6. The smallest absolute Gasteiger partial charge is 0.125 e. The molecule has 142 valence electrons. The molecule has 0 spiro atoms. The van der Waals surface area contributed by atoms with E-state index in [9.17, 15) is 0 Å². The first-order valence-electron chi connectivity index (χ1n) is 8.94. The molecule has 1 aromatic heterocycles. The van der Waals surface area contributed by atoms with Gasteiger partial charge in [-0.2, -0.15) is 0 Å². The Kier molecular flexibility index (Phi) is 7.50. The van der Waals surface area contributed by atoms with Gasteiger partial charge in [-0.25, -0.2) is 4.98 Å². The summed E-state index contributed by atoms with van der Waals surface area (Å²) in [7, 11) is 0. The Morgan fingerprint density at radius 3 is 2.48 bits per heavy atom. The van der Waals surface area contributed by atoms with E-state index in [0.29, 0.717) is 5.02 Å². The third kappa shape index (κ3) is 5.68. The summed E-state index contributed by atoms with van der Waals surface area (Å²) in [5.74, 6) is 0.896. The van der Waals surface area contributed by atoms with Crippen LogP contribution in [0.2, 0.25) is 5.02 Å². The number of unbranched alkanes of at least 4 members (excludes halogenated alkanes) is 1. The van der Waals surface area contributed by atoms with E-state index in [2.05, 4.69) is 24.0 Å². The monoisotopic (exact) mass is 420 g/mol. The van der Waals surface area contributed by atoms with Crippen molar-refractivity contribution in [1.82, 2.24) is 9.55 Å². The molecule has 3 nitrogen and oxygen atoms in total. The van der Waals surface area contributed by atoms with Crippen LogP contribution in [0.15, 0.2) is 72.1 Å². The minimum atomic E-state index is -0.279. The predicted octanol–water partition coefficient (Wildman–Crippen LogP) is 6.99. The van der Waals surface area contributed by atoms with Crippen LogP contribution in [0.5, 0.6) is 5.75 Å². The van der Waals surface area contributed by atoms with Crippen LogP contribution in [0.25, 0.3) is 0 Å². The second-order valence-electron chi connectivity index (χ2n) is 6.15. The number of hydrogen-bond donors (Lipinski definition) is 0. The van der Waals surface area contributed by atoms with Crippen LogP contribution in [0.4, 0.5) is 0 Å². The topological polar surface area (TPSA) is 27.1 Å². The number of imidazole rings is 1. The van der Waals surface area contributed by atoms with Crippen LogP contribution in [0.1, 0.15) is 36.1 Å². The van der Waals surface area contributed by atoms with Gasteiger partial charge in [-0.3, -0.25) is 0 Å². The molecule has 0 N–H and O–H groups in total. The fourth-order valence-corrected chi connectivity index (χ4v) is 4.28. The van der Waals surface area contributed by atoms with Crippen molar-refractivity contribution >= 4 is 35.0 Å². The van der Waals surface area contributed by atoms with E-state index in [1.165, 1.54) is 0 Å². The average Bonchev–Trinajstić information content (AvgIpc) is 3.23. The normalized spacial score (nSPS) is 13.3. The lowest BCUT2D eigenvalue weighted by molar-refractivity contribution is 0.309. The van der Waals surface area contributed by atoms with Gasteiger partial charge < -0.3 is 9.30 Å². The van der Waals surface area contributed by atoms with Gasteiger partial charge in [0.25, 0.3) is 0 Å². The molecule has 3 rings (SSSR count). The summed E-state index contributed by atoms with van der Waals surface area (Å²) in [6.07, 6.45) is 7.55. The summed E-state index contributed by atoms with van der Waals surface area (Å²) < 4.78 is 7.66. The number of halogens is 2. The zero-order valence-corrected chi connectivity index (χ0v) is 17.4. The Morgan fingerprint density at radius 2 is 1.85 bits per heavy atom. The molecule has 0 aliphatic heterocycles. The van der Waals surface area contributed by atoms with E-state index in [1.807, 2.05) is 47.2 Å². The molecule has 2 atom stereocenters. The maximum Gasteiger partial charge on any atom is 0.125 e. The minimum Gasteiger partial charge on any atom is -0.494 e. The molecule has 0 bridgehead atoms. The summed E-state index contributed by atoms with van der Waals surface area (Å²) in [6.45, 7) is 2.91. The van der Waals surface area contributed by atoms with Crippen LogP contribution in [-0.2, 0) is 0 Å². The van der Waals surface area contributed by atoms with Gasteiger partial charge in [0.1, 0.15) is 11.3 Å². The second-order valence-corrected chi connectivity index (χ2v) is 8.24. The fraction of sp³-hybridized carbons (Fsp3) is 0.286. The van der Waals surface area contributed by atoms with Crippen molar-refractivity contribution in [2.24, 2.45) is 0 Å². The van der Waals surface area contributed by atoms with Crippen molar-refractivity contribution in [3.63, 3.8) is 0 Å². The van der Waals surface area contributed by atoms with E-state index in [4.69, 9.17) is 27.9 Å². The van der Waals surface area contributed by atoms with Crippen LogP contribution in [0, 0.1) is 0 Å². The molecule has 3 aromatic rings. The van der Waals surface area contributed by atoms with Gasteiger partial charge in [-0.05, 0) is 48.4 Å². The van der Waals surface area contributed by atoms with Crippen LogP contribution in [-0.4, -0.2) is 16.2 Å². The van der Waals surface area contributed by atoms with E-state index >= 15 is 0 Å². The van der Waals surface area contributed by atoms with Crippen LogP contribution < -0.4 is 4.74 Å². The maximum atomic E-state index is 6.80. The van der Waals surface area contributed by atoms with Gasteiger partial charge in [-0.1, -0.05) is 48.7 Å². The second kappa shape index (κ2) is 10.1. The third-order valence-corrected chi connectivity index (χ3v) is 6.32. The summed E-state index contributed by atoms with van der Waals surface area (Å²) in [6, 6.07) is 16.0.